The van der Waals surface area contributed by atoms with Crippen LogP contribution in [0.5, 0.6) is 0 Å². The summed E-state index contributed by atoms with van der Waals surface area (Å²) in [6.07, 6.45) is 4.55. The van der Waals surface area contributed by atoms with Gasteiger partial charge in [-0.15, -0.1) is 12.4 Å². The number of methoxy groups -OCH3 is 1. The molecular formula is C14H27ClN2O3. The monoisotopic (exact) mass is 306 g/mol. The first-order chi connectivity index (χ1) is 8.84. The van der Waals surface area contributed by atoms with Gasteiger partial charge in [-0.2, -0.15) is 0 Å². The fourth-order valence-corrected chi connectivity index (χ4v) is 2.56. The van der Waals surface area contributed by atoms with Crippen molar-refractivity contribution in [3.05, 3.63) is 0 Å². The molecule has 1 fully saturated rings. The molecule has 20 heavy (non-hydrogen) atoms. The second-order valence-electron chi connectivity index (χ2n) is 6.07. The van der Waals surface area contributed by atoms with Gasteiger partial charge in [0.1, 0.15) is 0 Å². The maximum Gasteiger partial charge on any atom is 0.305 e. The van der Waals surface area contributed by atoms with Crippen LogP contribution in [0.2, 0.25) is 0 Å². The van der Waals surface area contributed by atoms with Crippen LogP contribution in [0.4, 0.5) is 0 Å². The zero-order valence-electron chi connectivity index (χ0n) is 12.6. The molecule has 0 radical (unpaired) electrons. The number of carbonyl (C=O) groups is 2. The Balaban J connectivity index is 0.00000361. The van der Waals surface area contributed by atoms with Crippen LogP contribution in [0.3, 0.4) is 0 Å². The van der Waals surface area contributed by atoms with Crippen molar-refractivity contribution >= 4 is 24.3 Å². The molecule has 1 saturated carbocycles. The number of rotatable bonds is 6. The lowest BCUT2D eigenvalue weighted by molar-refractivity contribution is -0.141. The van der Waals surface area contributed by atoms with E-state index in [4.69, 9.17) is 5.73 Å². The van der Waals surface area contributed by atoms with Crippen LogP contribution in [0.15, 0.2) is 0 Å². The number of halogens is 1. The fraction of sp³-hybridized carbons (Fsp3) is 0.857. The fourth-order valence-electron chi connectivity index (χ4n) is 2.56. The summed E-state index contributed by atoms with van der Waals surface area (Å²) in [4.78, 5) is 23.1. The molecule has 0 bridgehead atoms. The summed E-state index contributed by atoms with van der Waals surface area (Å²) in [5.41, 5.74) is 5.57. The number of hydrogen-bond acceptors (Lipinski definition) is 4. The average Bonchev–Trinajstić information content (AvgIpc) is 2.71. The van der Waals surface area contributed by atoms with Crippen LogP contribution in [0, 0.1) is 5.92 Å². The van der Waals surface area contributed by atoms with Crippen LogP contribution in [0.25, 0.3) is 0 Å². The first-order valence-corrected chi connectivity index (χ1v) is 6.97. The predicted octanol–water partition coefficient (Wildman–Crippen LogP) is 1.77. The van der Waals surface area contributed by atoms with E-state index in [0.29, 0.717) is 25.2 Å². The van der Waals surface area contributed by atoms with Crippen LogP contribution >= 0.6 is 12.4 Å². The number of amides is 1. The quantitative estimate of drug-likeness (QED) is 0.733. The van der Waals surface area contributed by atoms with Crippen molar-refractivity contribution in [2.24, 2.45) is 11.7 Å². The summed E-state index contributed by atoms with van der Waals surface area (Å²) in [7, 11) is 1.37. The van der Waals surface area contributed by atoms with E-state index >= 15 is 0 Å². The molecule has 0 unspecified atom stereocenters. The third-order valence-electron chi connectivity index (χ3n) is 3.83. The largest absolute Gasteiger partial charge is 0.469 e. The Bertz CT molecular complexity index is 334. The van der Waals surface area contributed by atoms with Gasteiger partial charge in [-0.25, -0.2) is 0 Å². The van der Waals surface area contributed by atoms with E-state index in [2.05, 4.69) is 10.1 Å². The van der Waals surface area contributed by atoms with Gasteiger partial charge in [0.25, 0.3) is 0 Å². The molecule has 0 aromatic heterocycles. The van der Waals surface area contributed by atoms with Crippen molar-refractivity contribution in [1.82, 2.24) is 5.32 Å². The van der Waals surface area contributed by atoms with Crippen molar-refractivity contribution in [2.45, 2.75) is 64.0 Å². The highest BCUT2D eigenvalue weighted by Crippen LogP contribution is 2.27. The van der Waals surface area contributed by atoms with E-state index in [9.17, 15) is 9.59 Å². The maximum atomic E-state index is 12.0. The van der Waals surface area contributed by atoms with E-state index < -0.39 is 5.54 Å². The molecule has 0 aliphatic heterocycles. The summed E-state index contributed by atoms with van der Waals surface area (Å²) in [6.45, 7) is 3.84. The number of carbonyl (C=O) groups excluding carboxylic acids is 2. The molecule has 1 aliphatic carbocycles. The number of esters is 1. The van der Waals surface area contributed by atoms with Gasteiger partial charge in [-0.05, 0) is 39.0 Å². The zero-order chi connectivity index (χ0) is 14.5. The van der Waals surface area contributed by atoms with Gasteiger partial charge in [-0.1, -0.05) is 6.42 Å². The Morgan fingerprint density at radius 1 is 1.35 bits per heavy atom. The molecule has 118 valence electrons. The molecule has 1 aliphatic rings. The van der Waals surface area contributed by atoms with Gasteiger partial charge in [0.2, 0.25) is 5.91 Å². The van der Waals surface area contributed by atoms with Crippen molar-refractivity contribution in [3.8, 4) is 0 Å². The smallest absolute Gasteiger partial charge is 0.305 e. The van der Waals surface area contributed by atoms with Crippen molar-refractivity contribution in [1.29, 1.82) is 0 Å². The highest BCUT2D eigenvalue weighted by Gasteiger charge is 2.28. The molecule has 2 atom stereocenters. The van der Waals surface area contributed by atoms with Crippen LogP contribution in [-0.4, -0.2) is 30.6 Å². The molecule has 5 nitrogen and oxygen atoms in total. The van der Waals surface area contributed by atoms with Gasteiger partial charge in [-0.3, -0.25) is 9.59 Å². The van der Waals surface area contributed by atoms with E-state index in [1.807, 2.05) is 13.8 Å². The van der Waals surface area contributed by atoms with Crippen molar-refractivity contribution in [2.75, 3.05) is 7.11 Å². The van der Waals surface area contributed by atoms with Crippen LogP contribution in [0.1, 0.15) is 52.4 Å². The molecule has 3 N–H and O–H groups in total. The molecule has 0 aromatic carbocycles. The maximum absolute atomic E-state index is 12.0. The minimum absolute atomic E-state index is 0. The second kappa shape index (κ2) is 8.47. The first kappa shape index (κ1) is 19.2. The number of ether oxygens (including phenoxy) is 1. The molecule has 0 heterocycles. The minimum atomic E-state index is -0.395. The lowest BCUT2D eigenvalue weighted by Gasteiger charge is -2.27. The summed E-state index contributed by atoms with van der Waals surface area (Å²) in [6, 6.07) is 0.156. The number of hydrogen-bond donors (Lipinski definition) is 2. The molecular weight excluding hydrogens is 280 g/mol. The van der Waals surface area contributed by atoms with Gasteiger partial charge >= 0.3 is 5.97 Å². The summed E-state index contributed by atoms with van der Waals surface area (Å²) in [5.74, 6) is 0.0776. The van der Waals surface area contributed by atoms with E-state index in [1.54, 1.807) is 0 Å². The Morgan fingerprint density at radius 3 is 2.50 bits per heavy atom. The van der Waals surface area contributed by atoms with Crippen LogP contribution in [-0.2, 0) is 14.3 Å². The molecule has 1 amide bonds. The summed E-state index contributed by atoms with van der Waals surface area (Å²) < 4.78 is 4.60. The Hall–Kier alpha value is -0.810. The molecule has 0 spiro atoms. The molecule has 0 aromatic rings. The molecule has 6 heteroatoms. The lowest BCUT2D eigenvalue weighted by atomic mass is 9.95. The number of nitrogens with one attached hydrogen (secondary N) is 1. The molecule has 0 saturated heterocycles. The third kappa shape index (κ3) is 6.57. The normalized spacial score (nSPS) is 22.0. The van der Waals surface area contributed by atoms with Gasteiger partial charge < -0.3 is 15.8 Å². The topological polar surface area (TPSA) is 81.4 Å². The number of nitrogens with two attached hydrogens (primary N) is 1. The highest BCUT2D eigenvalue weighted by atomic mass is 35.5. The van der Waals surface area contributed by atoms with E-state index in [0.717, 1.165) is 19.3 Å². The standard InChI is InChI=1S/C14H26N2O3.ClH/c1-14(2,8-7-13(18)19-3)16-12(17)9-10-5-4-6-11(10)15;/h10-11H,4-9,15H2,1-3H3,(H,16,17);1H/t10-,11+;/m0./s1. The second-order valence-corrected chi connectivity index (χ2v) is 6.07. The summed E-state index contributed by atoms with van der Waals surface area (Å²) >= 11 is 0. The molecule has 1 rings (SSSR count). The first-order valence-electron chi connectivity index (χ1n) is 6.97. The van der Waals surface area contributed by atoms with Gasteiger partial charge in [0.15, 0.2) is 0 Å². The minimum Gasteiger partial charge on any atom is -0.469 e. The van der Waals surface area contributed by atoms with E-state index in [-0.39, 0.29) is 30.3 Å². The van der Waals surface area contributed by atoms with Crippen molar-refractivity contribution in [3.63, 3.8) is 0 Å². The Labute approximate surface area is 127 Å². The summed E-state index contributed by atoms with van der Waals surface area (Å²) in [5, 5.41) is 2.98. The Morgan fingerprint density at radius 2 is 2.00 bits per heavy atom. The lowest BCUT2D eigenvalue weighted by Crippen LogP contribution is -2.45. The Kier molecular flexibility index (Phi) is 8.13. The highest BCUT2D eigenvalue weighted by molar-refractivity contribution is 5.85. The third-order valence-corrected chi connectivity index (χ3v) is 3.83. The SMILES string of the molecule is COC(=O)CCC(C)(C)NC(=O)C[C@@H]1CCC[C@H]1N.Cl. The van der Waals surface area contributed by atoms with E-state index in [1.165, 1.54) is 7.11 Å². The van der Waals surface area contributed by atoms with Crippen molar-refractivity contribution < 1.29 is 14.3 Å². The van der Waals surface area contributed by atoms with Crippen LogP contribution < -0.4 is 11.1 Å². The van der Waals surface area contributed by atoms with Gasteiger partial charge in [0, 0.05) is 24.4 Å². The predicted molar refractivity (Wildman–Crippen MR) is 80.7 cm³/mol. The zero-order valence-corrected chi connectivity index (χ0v) is 13.4. The average molecular weight is 307 g/mol. The van der Waals surface area contributed by atoms with Gasteiger partial charge in [0.05, 0.1) is 7.11 Å².